The Labute approximate surface area is 108 Å². The number of carbonyl (C=O) groups is 1. The first kappa shape index (κ1) is 13.7. The molecule has 0 aliphatic heterocycles. The van der Waals surface area contributed by atoms with Crippen molar-refractivity contribution >= 4 is 11.7 Å². The Kier molecular flexibility index (Phi) is 3.68. The van der Waals surface area contributed by atoms with Crippen molar-refractivity contribution in [1.82, 2.24) is 0 Å². The molecule has 0 amide bonds. The fourth-order valence-electron chi connectivity index (χ4n) is 1.90. The molecular formula is C13H14F3NO2. The monoisotopic (exact) mass is 273 g/mol. The van der Waals surface area contributed by atoms with E-state index in [9.17, 15) is 18.0 Å². The number of anilines is 1. The molecule has 2 N–H and O–H groups in total. The number of carboxylic acids is 1. The summed E-state index contributed by atoms with van der Waals surface area (Å²) in [6.07, 6.45) is -1.36. The molecule has 0 unspecified atom stereocenters. The first-order valence-electron chi connectivity index (χ1n) is 6.06. The van der Waals surface area contributed by atoms with Gasteiger partial charge in [0.2, 0.25) is 0 Å². The summed E-state index contributed by atoms with van der Waals surface area (Å²) >= 11 is 0. The van der Waals surface area contributed by atoms with Gasteiger partial charge < -0.3 is 10.4 Å². The smallest absolute Gasteiger partial charge is 0.417 e. The molecule has 0 heterocycles. The van der Waals surface area contributed by atoms with Crippen LogP contribution in [-0.4, -0.2) is 17.6 Å². The fourth-order valence-corrected chi connectivity index (χ4v) is 1.90. The summed E-state index contributed by atoms with van der Waals surface area (Å²) in [6, 6.07) is 3.21. The molecule has 0 atom stereocenters. The first-order chi connectivity index (χ1) is 8.88. The zero-order valence-corrected chi connectivity index (χ0v) is 10.1. The Bertz CT molecular complexity index is 481. The topological polar surface area (TPSA) is 49.3 Å². The Balaban J connectivity index is 2.14. The minimum absolute atomic E-state index is 0.304. The third kappa shape index (κ3) is 3.62. The summed E-state index contributed by atoms with van der Waals surface area (Å²) in [5.41, 5.74) is -1.53. The molecule has 0 radical (unpaired) electrons. The zero-order chi connectivity index (χ0) is 14.0. The van der Waals surface area contributed by atoms with E-state index in [1.54, 1.807) is 0 Å². The van der Waals surface area contributed by atoms with Gasteiger partial charge in [-0.25, -0.2) is 4.79 Å². The van der Waals surface area contributed by atoms with E-state index in [1.807, 2.05) is 0 Å². The average molecular weight is 273 g/mol. The van der Waals surface area contributed by atoms with Crippen LogP contribution in [0.1, 0.15) is 35.2 Å². The highest BCUT2D eigenvalue weighted by atomic mass is 19.4. The van der Waals surface area contributed by atoms with Crippen LogP contribution in [0.15, 0.2) is 18.2 Å². The third-order valence-corrected chi connectivity index (χ3v) is 3.13. The molecule has 1 aliphatic carbocycles. The van der Waals surface area contributed by atoms with Crippen molar-refractivity contribution in [1.29, 1.82) is 0 Å². The number of hydrogen-bond donors (Lipinski definition) is 2. The summed E-state index contributed by atoms with van der Waals surface area (Å²) in [5, 5.41) is 11.7. The Morgan fingerprint density at radius 2 is 2.05 bits per heavy atom. The van der Waals surface area contributed by atoms with E-state index in [2.05, 4.69) is 5.32 Å². The second-order valence-corrected chi connectivity index (χ2v) is 4.72. The zero-order valence-electron chi connectivity index (χ0n) is 10.1. The molecular weight excluding hydrogens is 259 g/mol. The number of alkyl halides is 3. The normalized spacial score (nSPS) is 15.3. The second-order valence-electron chi connectivity index (χ2n) is 4.72. The molecule has 1 saturated carbocycles. The second kappa shape index (κ2) is 5.11. The number of rotatable bonds is 5. The van der Waals surface area contributed by atoms with Gasteiger partial charge in [0.05, 0.1) is 11.1 Å². The number of halogens is 3. The highest BCUT2D eigenvalue weighted by Crippen LogP contribution is 2.34. The van der Waals surface area contributed by atoms with Crippen molar-refractivity contribution in [3.05, 3.63) is 29.3 Å². The molecule has 0 bridgehead atoms. The molecule has 104 valence electrons. The van der Waals surface area contributed by atoms with Crippen molar-refractivity contribution in [3.8, 4) is 0 Å². The van der Waals surface area contributed by atoms with Gasteiger partial charge >= 0.3 is 12.1 Å². The van der Waals surface area contributed by atoms with Crippen LogP contribution < -0.4 is 5.32 Å². The van der Waals surface area contributed by atoms with Gasteiger partial charge in [0.25, 0.3) is 0 Å². The van der Waals surface area contributed by atoms with E-state index >= 15 is 0 Å². The van der Waals surface area contributed by atoms with Crippen LogP contribution in [0, 0.1) is 5.92 Å². The first-order valence-corrected chi connectivity index (χ1v) is 6.06. The summed E-state index contributed by atoms with van der Waals surface area (Å²) < 4.78 is 38.3. The predicted molar refractivity (Wildman–Crippen MR) is 64.2 cm³/mol. The summed E-state index contributed by atoms with van der Waals surface area (Å²) in [6.45, 7) is 0.606. The Morgan fingerprint density at radius 3 is 2.58 bits per heavy atom. The maximum Gasteiger partial charge on any atom is 0.417 e. The molecule has 1 aromatic rings. The summed E-state index contributed by atoms with van der Waals surface area (Å²) in [7, 11) is 0. The Morgan fingerprint density at radius 1 is 1.37 bits per heavy atom. The lowest BCUT2D eigenvalue weighted by Crippen LogP contribution is -2.14. The van der Waals surface area contributed by atoms with E-state index in [-0.39, 0.29) is 0 Å². The average Bonchev–Trinajstić information content (AvgIpc) is 3.11. The van der Waals surface area contributed by atoms with Gasteiger partial charge in [-0.15, -0.1) is 0 Å². The van der Waals surface area contributed by atoms with E-state index in [4.69, 9.17) is 5.11 Å². The standard InChI is InChI=1S/C13H14F3NO2/c14-13(15,16)11-7-9(3-4-10(11)12(18)19)17-6-5-8-1-2-8/h3-4,7-8,17H,1-2,5-6H2,(H,18,19). The van der Waals surface area contributed by atoms with E-state index in [0.717, 1.165) is 18.6 Å². The molecule has 6 heteroatoms. The van der Waals surface area contributed by atoms with Gasteiger partial charge in [0, 0.05) is 12.2 Å². The van der Waals surface area contributed by atoms with Crippen LogP contribution in [0.5, 0.6) is 0 Å². The lowest BCUT2D eigenvalue weighted by Gasteiger charge is -2.13. The molecule has 1 aromatic carbocycles. The molecule has 0 aromatic heterocycles. The molecule has 0 spiro atoms. The number of benzene rings is 1. The summed E-state index contributed by atoms with van der Waals surface area (Å²) in [5.74, 6) is -0.885. The van der Waals surface area contributed by atoms with Gasteiger partial charge in [0.15, 0.2) is 0 Å². The van der Waals surface area contributed by atoms with E-state index in [0.29, 0.717) is 18.2 Å². The van der Waals surface area contributed by atoms with Gasteiger partial charge in [-0.3, -0.25) is 0 Å². The number of nitrogens with one attached hydrogen (secondary N) is 1. The molecule has 0 saturated heterocycles. The lowest BCUT2D eigenvalue weighted by molar-refractivity contribution is -0.138. The van der Waals surface area contributed by atoms with Crippen molar-refractivity contribution < 1.29 is 23.1 Å². The maximum atomic E-state index is 12.8. The minimum atomic E-state index is -4.66. The van der Waals surface area contributed by atoms with Crippen molar-refractivity contribution in [3.63, 3.8) is 0 Å². The molecule has 3 nitrogen and oxygen atoms in total. The van der Waals surface area contributed by atoms with Crippen LogP contribution in [-0.2, 0) is 6.18 Å². The molecule has 1 fully saturated rings. The highest BCUT2D eigenvalue weighted by molar-refractivity contribution is 5.90. The molecule has 2 rings (SSSR count). The quantitative estimate of drug-likeness (QED) is 0.861. The van der Waals surface area contributed by atoms with Gasteiger partial charge in [-0.2, -0.15) is 13.2 Å². The van der Waals surface area contributed by atoms with Crippen molar-refractivity contribution in [2.45, 2.75) is 25.4 Å². The van der Waals surface area contributed by atoms with Gasteiger partial charge in [0.1, 0.15) is 0 Å². The van der Waals surface area contributed by atoms with Gasteiger partial charge in [-0.1, -0.05) is 12.8 Å². The number of hydrogen-bond acceptors (Lipinski definition) is 2. The predicted octanol–water partition coefficient (Wildman–Crippen LogP) is 3.62. The van der Waals surface area contributed by atoms with Crippen LogP contribution in [0.3, 0.4) is 0 Å². The van der Waals surface area contributed by atoms with Crippen LogP contribution in [0.25, 0.3) is 0 Å². The fraction of sp³-hybridized carbons (Fsp3) is 0.462. The lowest BCUT2D eigenvalue weighted by atomic mass is 10.1. The number of carboxylic acid groups (broad SMARTS) is 1. The summed E-state index contributed by atoms with van der Waals surface area (Å²) in [4.78, 5) is 10.8. The van der Waals surface area contributed by atoms with Gasteiger partial charge in [-0.05, 0) is 30.5 Å². The molecule has 1 aliphatic rings. The molecule has 19 heavy (non-hydrogen) atoms. The highest BCUT2D eigenvalue weighted by Gasteiger charge is 2.35. The largest absolute Gasteiger partial charge is 0.478 e. The van der Waals surface area contributed by atoms with Crippen LogP contribution in [0.2, 0.25) is 0 Å². The van der Waals surface area contributed by atoms with E-state index < -0.39 is 23.3 Å². The van der Waals surface area contributed by atoms with Crippen molar-refractivity contribution in [2.75, 3.05) is 11.9 Å². The minimum Gasteiger partial charge on any atom is -0.478 e. The van der Waals surface area contributed by atoms with E-state index in [1.165, 1.54) is 18.9 Å². The SMILES string of the molecule is O=C(O)c1ccc(NCCC2CC2)cc1C(F)(F)F. The Hall–Kier alpha value is -1.72. The van der Waals surface area contributed by atoms with Crippen LogP contribution in [0.4, 0.5) is 18.9 Å². The van der Waals surface area contributed by atoms with Crippen molar-refractivity contribution in [2.24, 2.45) is 5.92 Å². The third-order valence-electron chi connectivity index (χ3n) is 3.13. The maximum absolute atomic E-state index is 12.8. The van der Waals surface area contributed by atoms with Crippen LogP contribution >= 0.6 is 0 Å². The number of aromatic carboxylic acids is 1.